The van der Waals surface area contributed by atoms with E-state index < -0.39 is 0 Å². The van der Waals surface area contributed by atoms with Crippen molar-refractivity contribution in [1.82, 2.24) is 0 Å². The fraction of sp³-hybridized carbons (Fsp3) is 0. The van der Waals surface area contributed by atoms with Crippen molar-refractivity contribution in [2.75, 3.05) is 0 Å². The summed E-state index contributed by atoms with van der Waals surface area (Å²) in [6.45, 7) is 0. The van der Waals surface area contributed by atoms with E-state index in [0.29, 0.717) is 16.7 Å². The van der Waals surface area contributed by atoms with Crippen molar-refractivity contribution in [2.24, 2.45) is 0 Å². The second-order valence-corrected chi connectivity index (χ2v) is 3.83. The van der Waals surface area contributed by atoms with E-state index in [1.807, 2.05) is 30.3 Å². The van der Waals surface area contributed by atoms with Crippen LogP contribution in [0.2, 0.25) is 0 Å². The number of hydrogen-bond acceptors (Lipinski definition) is 3. The van der Waals surface area contributed by atoms with Gasteiger partial charge in [0.2, 0.25) is 0 Å². The monoisotopic (exact) mass is 226 g/mol. The Morgan fingerprint density at radius 1 is 0.882 bits per heavy atom. The Kier molecular flexibility index (Phi) is 2.05. The lowest BCUT2D eigenvalue weighted by Gasteiger charge is -1.95. The lowest BCUT2D eigenvalue weighted by molar-refractivity contribution is 0.469. The van der Waals surface area contributed by atoms with Crippen molar-refractivity contribution >= 4 is 11.0 Å². The quantitative estimate of drug-likeness (QED) is 0.667. The Morgan fingerprint density at radius 2 is 1.65 bits per heavy atom. The predicted octanol–water partition coefficient (Wildman–Crippen LogP) is 3.51. The van der Waals surface area contributed by atoms with Crippen molar-refractivity contribution in [3.8, 4) is 22.8 Å². The maximum absolute atomic E-state index is 10.1. The van der Waals surface area contributed by atoms with Crippen LogP contribution in [0.15, 0.2) is 52.9 Å². The number of phenols is 1. The molecule has 0 aliphatic carbocycles. The molecule has 0 saturated carbocycles. The summed E-state index contributed by atoms with van der Waals surface area (Å²) in [5.74, 6) is 0.642. The summed E-state index contributed by atoms with van der Waals surface area (Å²) in [6.07, 6.45) is 0. The number of rotatable bonds is 1. The highest BCUT2D eigenvalue weighted by atomic mass is 16.4. The van der Waals surface area contributed by atoms with E-state index in [2.05, 4.69) is 0 Å². The molecule has 0 aliphatic rings. The molecule has 0 fully saturated rings. The minimum Gasteiger partial charge on any atom is -0.508 e. The van der Waals surface area contributed by atoms with Gasteiger partial charge in [0.25, 0.3) is 0 Å². The van der Waals surface area contributed by atoms with Crippen molar-refractivity contribution < 1.29 is 14.6 Å². The number of furan rings is 1. The van der Waals surface area contributed by atoms with E-state index in [4.69, 9.17) is 4.42 Å². The SMILES string of the molecule is Oc1ccc2c(O)c(-c3ccccc3)oc2c1. The maximum Gasteiger partial charge on any atom is 0.177 e. The number of aromatic hydroxyl groups is 2. The van der Waals surface area contributed by atoms with Crippen LogP contribution in [-0.4, -0.2) is 10.2 Å². The summed E-state index contributed by atoms with van der Waals surface area (Å²) >= 11 is 0. The fourth-order valence-electron chi connectivity index (χ4n) is 1.86. The molecule has 3 nitrogen and oxygen atoms in total. The Morgan fingerprint density at radius 3 is 2.41 bits per heavy atom. The average Bonchev–Trinajstić information content (AvgIpc) is 2.67. The first kappa shape index (κ1) is 9.78. The smallest absolute Gasteiger partial charge is 0.177 e. The summed E-state index contributed by atoms with van der Waals surface area (Å²) in [5.41, 5.74) is 1.28. The van der Waals surface area contributed by atoms with Crippen molar-refractivity contribution in [3.05, 3.63) is 48.5 Å². The molecule has 2 N–H and O–H groups in total. The topological polar surface area (TPSA) is 53.6 Å². The molecule has 17 heavy (non-hydrogen) atoms. The molecule has 0 amide bonds. The van der Waals surface area contributed by atoms with Gasteiger partial charge in [-0.3, -0.25) is 0 Å². The van der Waals surface area contributed by atoms with Gasteiger partial charge in [0, 0.05) is 11.6 Å². The van der Waals surface area contributed by atoms with E-state index in [9.17, 15) is 10.2 Å². The molecule has 0 radical (unpaired) electrons. The molecule has 3 heteroatoms. The van der Waals surface area contributed by atoms with Crippen LogP contribution >= 0.6 is 0 Å². The molecule has 0 spiro atoms. The molecule has 1 heterocycles. The zero-order valence-electron chi connectivity index (χ0n) is 8.92. The zero-order chi connectivity index (χ0) is 11.8. The maximum atomic E-state index is 10.1. The highest BCUT2D eigenvalue weighted by Gasteiger charge is 2.14. The Balaban J connectivity index is 2.28. The molecule has 1 aromatic heterocycles. The summed E-state index contributed by atoms with van der Waals surface area (Å²) in [6, 6.07) is 14.0. The molecule has 0 atom stereocenters. The number of hydrogen-bond donors (Lipinski definition) is 2. The van der Waals surface area contributed by atoms with E-state index in [1.165, 1.54) is 12.1 Å². The number of fused-ring (bicyclic) bond motifs is 1. The van der Waals surface area contributed by atoms with Gasteiger partial charge in [0.15, 0.2) is 11.5 Å². The van der Waals surface area contributed by atoms with Crippen LogP contribution in [0.1, 0.15) is 0 Å². The number of phenolic OH excluding ortho intramolecular Hbond substituents is 1. The van der Waals surface area contributed by atoms with E-state index in [1.54, 1.807) is 6.07 Å². The molecular formula is C14H10O3. The van der Waals surface area contributed by atoms with Crippen LogP contribution in [0.4, 0.5) is 0 Å². The Labute approximate surface area is 97.6 Å². The lowest BCUT2D eigenvalue weighted by Crippen LogP contribution is -1.72. The third kappa shape index (κ3) is 1.52. The van der Waals surface area contributed by atoms with Crippen LogP contribution in [0.5, 0.6) is 11.5 Å². The van der Waals surface area contributed by atoms with Gasteiger partial charge in [-0.15, -0.1) is 0 Å². The summed E-state index contributed by atoms with van der Waals surface area (Å²) < 4.78 is 5.56. The molecule has 3 rings (SSSR count). The summed E-state index contributed by atoms with van der Waals surface area (Å²) in [4.78, 5) is 0. The van der Waals surface area contributed by atoms with Gasteiger partial charge in [-0.1, -0.05) is 30.3 Å². The standard InChI is InChI=1S/C14H10O3/c15-10-6-7-11-12(8-10)17-14(13(11)16)9-4-2-1-3-5-9/h1-8,15-16H. The van der Waals surface area contributed by atoms with Gasteiger partial charge in [-0.25, -0.2) is 0 Å². The first-order valence-corrected chi connectivity index (χ1v) is 5.25. The lowest BCUT2D eigenvalue weighted by atomic mass is 10.1. The van der Waals surface area contributed by atoms with Crippen molar-refractivity contribution in [3.63, 3.8) is 0 Å². The number of benzene rings is 2. The second kappa shape index (κ2) is 3.56. The highest BCUT2D eigenvalue weighted by molar-refractivity contribution is 5.91. The molecule has 2 aromatic carbocycles. The molecular weight excluding hydrogens is 216 g/mol. The molecule has 0 unspecified atom stereocenters. The molecule has 3 aromatic rings. The van der Waals surface area contributed by atoms with Crippen LogP contribution in [0.3, 0.4) is 0 Å². The van der Waals surface area contributed by atoms with Crippen LogP contribution in [0, 0.1) is 0 Å². The predicted molar refractivity (Wildman–Crippen MR) is 65.0 cm³/mol. The Bertz CT molecular complexity index is 669. The average molecular weight is 226 g/mol. The largest absolute Gasteiger partial charge is 0.508 e. The van der Waals surface area contributed by atoms with Crippen LogP contribution in [0.25, 0.3) is 22.3 Å². The summed E-state index contributed by atoms with van der Waals surface area (Å²) in [5, 5.41) is 20.0. The van der Waals surface area contributed by atoms with Gasteiger partial charge in [-0.05, 0) is 12.1 Å². The third-order valence-electron chi connectivity index (χ3n) is 2.68. The molecule has 84 valence electrons. The third-order valence-corrected chi connectivity index (χ3v) is 2.68. The van der Waals surface area contributed by atoms with Crippen molar-refractivity contribution in [1.29, 1.82) is 0 Å². The molecule has 0 bridgehead atoms. The first-order chi connectivity index (χ1) is 8.25. The van der Waals surface area contributed by atoms with Gasteiger partial charge in [-0.2, -0.15) is 0 Å². The Hall–Kier alpha value is -2.42. The van der Waals surface area contributed by atoms with E-state index in [-0.39, 0.29) is 11.5 Å². The van der Waals surface area contributed by atoms with Crippen LogP contribution < -0.4 is 0 Å². The minimum atomic E-state index is 0.103. The van der Waals surface area contributed by atoms with Crippen molar-refractivity contribution in [2.45, 2.75) is 0 Å². The molecule has 0 saturated heterocycles. The normalized spacial score (nSPS) is 10.8. The minimum absolute atomic E-state index is 0.103. The second-order valence-electron chi connectivity index (χ2n) is 3.83. The van der Waals surface area contributed by atoms with Crippen LogP contribution in [-0.2, 0) is 0 Å². The molecule has 0 aliphatic heterocycles. The van der Waals surface area contributed by atoms with Gasteiger partial charge < -0.3 is 14.6 Å². The van der Waals surface area contributed by atoms with Gasteiger partial charge in [0.05, 0.1) is 5.39 Å². The first-order valence-electron chi connectivity index (χ1n) is 5.25. The zero-order valence-corrected chi connectivity index (χ0v) is 8.92. The van der Waals surface area contributed by atoms with E-state index >= 15 is 0 Å². The fourth-order valence-corrected chi connectivity index (χ4v) is 1.86. The van der Waals surface area contributed by atoms with Gasteiger partial charge in [0.1, 0.15) is 11.3 Å². The van der Waals surface area contributed by atoms with E-state index in [0.717, 1.165) is 5.56 Å². The van der Waals surface area contributed by atoms with Gasteiger partial charge >= 0.3 is 0 Å². The summed E-state index contributed by atoms with van der Waals surface area (Å²) in [7, 11) is 0. The highest BCUT2D eigenvalue weighted by Crippen LogP contribution is 2.39.